The lowest BCUT2D eigenvalue weighted by molar-refractivity contribution is -0.137. The molecular weight excluding hydrogens is 202 g/mol. The first-order chi connectivity index (χ1) is 7.46. The first kappa shape index (κ1) is 12.3. The summed E-state index contributed by atoms with van der Waals surface area (Å²) in [5.74, 6) is 0.792. The Kier molecular flexibility index (Phi) is 3.30. The molecule has 3 heteroatoms. The van der Waals surface area contributed by atoms with Crippen LogP contribution in [0.25, 0.3) is 0 Å². The molecule has 0 radical (unpaired) electrons. The highest BCUT2D eigenvalue weighted by molar-refractivity contribution is 5.12. The summed E-state index contributed by atoms with van der Waals surface area (Å²) < 4.78 is 10.7. The van der Waals surface area contributed by atoms with Gasteiger partial charge in [-0.25, -0.2) is 0 Å². The van der Waals surface area contributed by atoms with E-state index in [0.717, 1.165) is 32.0 Å². The predicted molar refractivity (Wildman–Crippen MR) is 64.2 cm³/mol. The summed E-state index contributed by atoms with van der Waals surface area (Å²) in [6.45, 7) is 12.8. The van der Waals surface area contributed by atoms with Gasteiger partial charge in [0, 0.05) is 6.54 Å². The molecule has 3 nitrogen and oxygen atoms in total. The largest absolute Gasteiger partial charge is 0.355 e. The SMILES string of the molecule is CC1(C)C(CNCC2CCOCO2)C1(C)C. The van der Waals surface area contributed by atoms with Crippen molar-refractivity contribution in [1.82, 2.24) is 5.32 Å². The van der Waals surface area contributed by atoms with Gasteiger partial charge in [-0.1, -0.05) is 27.7 Å². The average molecular weight is 227 g/mol. The molecular formula is C13H25NO2. The van der Waals surface area contributed by atoms with E-state index in [1.807, 2.05) is 0 Å². The van der Waals surface area contributed by atoms with Gasteiger partial charge in [0.05, 0.1) is 12.7 Å². The van der Waals surface area contributed by atoms with Crippen molar-refractivity contribution in [3.63, 3.8) is 0 Å². The van der Waals surface area contributed by atoms with Gasteiger partial charge in [0.1, 0.15) is 6.79 Å². The van der Waals surface area contributed by atoms with E-state index in [0.29, 0.717) is 23.7 Å². The van der Waals surface area contributed by atoms with E-state index in [-0.39, 0.29) is 0 Å². The molecule has 0 aromatic rings. The molecule has 0 aromatic carbocycles. The third-order valence-electron chi connectivity index (χ3n) is 5.01. The fraction of sp³-hybridized carbons (Fsp3) is 1.00. The number of rotatable bonds is 4. The first-order valence-corrected chi connectivity index (χ1v) is 6.36. The van der Waals surface area contributed by atoms with Crippen molar-refractivity contribution in [3.8, 4) is 0 Å². The van der Waals surface area contributed by atoms with Crippen molar-refractivity contribution in [2.45, 2.75) is 40.2 Å². The molecule has 0 bridgehead atoms. The lowest BCUT2D eigenvalue weighted by Gasteiger charge is -2.23. The second-order valence-corrected chi connectivity index (χ2v) is 6.26. The minimum Gasteiger partial charge on any atom is -0.355 e. The molecule has 16 heavy (non-hydrogen) atoms. The monoisotopic (exact) mass is 227 g/mol. The molecule has 1 saturated carbocycles. The van der Waals surface area contributed by atoms with Crippen LogP contribution in [0.15, 0.2) is 0 Å². The summed E-state index contributed by atoms with van der Waals surface area (Å²) in [6, 6.07) is 0. The quantitative estimate of drug-likeness (QED) is 0.797. The van der Waals surface area contributed by atoms with Crippen LogP contribution >= 0.6 is 0 Å². The Hall–Kier alpha value is -0.120. The van der Waals surface area contributed by atoms with Crippen LogP contribution in [0, 0.1) is 16.7 Å². The van der Waals surface area contributed by atoms with Crippen LogP contribution in [0.4, 0.5) is 0 Å². The molecule has 1 unspecified atom stereocenters. The summed E-state index contributed by atoms with van der Waals surface area (Å²) >= 11 is 0. The van der Waals surface area contributed by atoms with Crippen molar-refractivity contribution in [2.75, 3.05) is 26.5 Å². The van der Waals surface area contributed by atoms with Gasteiger partial charge in [-0.3, -0.25) is 0 Å². The van der Waals surface area contributed by atoms with E-state index in [1.165, 1.54) is 0 Å². The van der Waals surface area contributed by atoms with Crippen LogP contribution in [-0.2, 0) is 9.47 Å². The smallest absolute Gasteiger partial charge is 0.147 e. The van der Waals surface area contributed by atoms with Gasteiger partial charge in [0.15, 0.2) is 0 Å². The van der Waals surface area contributed by atoms with Crippen molar-refractivity contribution in [3.05, 3.63) is 0 Å². The highest BCUT2D eigenvalue weighted by Gasteiger charge is 2.63. The van der Waals surface area contributed by atoms with Gasteiger partial charge < -0.3 is 14.8 Å². The molecule has 1 N–H and O–H groups in total. The fourth-order valence-electron chi connectivity index (χ4n) is 2.89. The molecule has 94 valence electrons. The molecule has 2 aliphatic rings. The molecule has 2 fully saturated rings. The maximum atomic E-state index is 5.50. The van der Waals surface area contributed by atoms with Gasteiger partial charge >= 0.3 is 0 Å². The van der Waals surface area contributed by atoms with E-state index >= 15 is 0 Å². The van der Waals surface area contributed by atoms with Crippen molar-refractivity contribution < 1.29 is 9.47 Å². The van der Waals surface area contributed by atoms with Crippen LogP contribution < -0.4 is 5.32 Å². The zero-order valence-corrected chi connectivity index (χ0v) is 11.0. The Morgan fingerprint density at radius 3 is 2.31 bits per heavy atom. The zero-order chi connectivity index (χ0) is 11.8. The normalized spacial score (nSPS) is 32.6. The van der Waals surface area contributed by atoms with Gasteiger partial charge in [-0.05, 0) is 29.7 Å². The molecule has 1 saturated heterocycles. The third-order valence-corrected chi connectivity index (χ3v) is 5.01. The van der Waals surface area contributed by atoms with E-state index < -0.39 is 0 Å². The van der Waals surface area contributed by atoms with E-state index in [9.17, 15) is 0 Å². The molecule has 1 aliphatic carbocycles. The van der Waals surface area contributed by atoms with Crippen molar-refractivity contribution in [2.24, 2.45) is 16.7 Å². The number of nitrogens with one attached hydrogen (secondary N) is 1. The molecule has 1 atom stereocenters. The molecule has 0 amide bonds. The maximum Gasteiger partial charge on any atom is 0.147 e. The zero-order valence-electron chi connectivity index (χ0n) is 11.0. The summed E-state index contributed by atoms with van der Waals surface area (Å²) in [5, 5.41) is 3.55. The van der Waals surface area contributed by atoms with Crippen LogP contribution in [0.5, 0.6) is 0 Å². The van der Waals surface area contributed by atoms with Crippen molar-refractivity contribution in [1.29, 1.82) is 0 Å². The maximum absolute atomic E-state index is 5.50. The highest BCUT2D eigenvalue weighted by Crippen LogP contribution is 2.67. The van der Waals surface area contributed by atoms with E-state index in [4.69, 9.17) is 9.47 Å². The van der Waals surface area contributed by atoms with E-state index in [1.54, 1.807) is 0 Å². The van der Waals surface area contributed by atoms with Crippen molar-refractivity contribution >= 4 is 0 Å². The second kappa shape index (κ2) is 4.28. The Labute approximate surface area is 98.9 Å². The minimum atomic E-state index is 0.346. The number of hydrogen-bond acceptors (Lipinski definition) is 3. The van der Waals surface area contributed by atoms with E-state index in [2.05, 4.69) is 33.0 Å². The standard InChI is InChI=1S/C13H25NO2/c1-12(2)11(13(12,3)4)8-14-7-10-5-6-15-9-16-10/h10-11,14H,5-9H2,1-4H3. The van der Waals surface area contributed by atoms with Crippen LogP contribution in [0.2, 0.25) is 0 Å². The summed E-state index contributed by atoms with van der Waals surface area (Å²) in [6.07, 6.45) is 1.36. The number of ether oxygens (including phenoxy) is 2. The molecule has 1 heterocycles. The Morgan fingerprint density at radius 2 is 1.81 bits per heavy atom. The lowest BCUT2D eigenvalue weighted by atomic mass is 10.0. The Balaban J connectivity index is 1.66. The fourth-order valence-corrected chi connectivity index (χ4v) is 2.89. The topological polar surface area (TPSA) is 30.5 Å². The van der Waals surface area contributed by atoms with Gasteiger partial charge in [-0.15, -0.1) is 0 Å². The van der Waals surface area contributed by atoms with Crippen LogP contribution in [-0.4, -0.2) is 32.6 Å². The number of hydrogen-bond donors (Lipinski definition) is 1. The summed E-state index contributed by atoms with van der Waals surface area (Å²) in [4.78, 5) is 0. The lowest BCUT2D eigenvalue weighted by Crippen LogP contribution is -2.35. The molecule has 0 aromatic heterocycles. The molecule has 1 aliphatic heterocycles. The van der Waals surface area contributed by atoms with Gasteiger partial charge in [0.2, 0.25) is 0 Å². The van der Waals surface area contributed by atoms with Crippen LogP contribution in [0.1, 0.15) is 34.1 Å². The summed E-state index contributed by atoms with van der Waals surface area (Å²) in [7, 11) is 0. The molecule has 2 rings (SSSR count). The average Bonchev–Trinajstić information content (AvgIpc) is 2.62. The Morgan fingerprint density at radius 1 is 1.12 bits per heavy atom. The van der Waals surface area contributed by atoms with Gasteiger partial charge in [0.25, 0.3) is 0 Å². The second-order valence-electron chi connectivity index (χ2n) is 6.26. The Bertz CT molecular complexity index is 230. The minimum absolute atomic E-state index is 0.346. The molecule has 0 spiro atoms. The highest BCUT2D eigenvalue weighted by atomic mass is 16.7. The van der Waals surface area contributed by atoms with Gasteiger partial charge in [-0.2, -0.15) is 0 Å². The predicted octanol–water partition coefficient (Wildman–Crippen LogP) is 2.02. The summed E-state index contributed by atoms with van der Waals surface area (Å²) in [5.41, 5.74) is 0.965. The third kappa shape index (κ3) is 2.13. The van der Waals surface area contributed by atoms with Crippen LogP contribution in [0.3, 0.4) is 0 Å². The first-order valence-electron chi connectivity index (χ1n) is 6.36.